The van der Waals surface area contributed by atoms with Gasteiger partial charge in [-0.3, -0.25) is 4.79 Å². The SMILES string of the molecule is C=C(/C=C(\N=N/C)c1c(F)cccc1F)[C@@H]1CC[C@@](C)(CN(C)C(=O)c2ccnnc2)C1(C)C. The Hall–Kier alpha value is -3.29. The number of hydrogen-bond acceptors (Lipinski definition) is 5. The fourth-order valence-electron chi connectivity index (χ4n) is 5.01. The summed E-state index contributed by atoms with van der Waals surface area (Å²) >= 11 is 0. The molecule has 2 atom stereocenters. The van der Waals surface area contributed by atoms with Gasteiger partial charge in [0.1, 0.15) is 11.6 Å². The molecular formula is C26H31F2N5O. The molecule has 1 heterocycles. The van der Waals surface area contributed by atoms with E-state index in [4.69, 9.17) is 0 Å². The second kappa shape index (κ2) is 9.91. The summed E-state index contributed by atoms with van der Waals surface area (Å²) in [4.78, 5) is 14.6. The van der Waals surface area contributed by atoms with Crippen LogP contribution in [0.3, 0.4) is 0 Å². The van der Waals surface area contributed by atoms with Crippen molar-refractivity contribution >= 4 is 11.6 Å². The standard InChI is InChI=1S/C26H31F2N5O/c1-17(14-22(32-29-5)23-20(27)8-7-9-21(23)28)19-10-12-26(4,25(19,2)3)16-33(6)24(34)18-11-13-30-31-15-18/h7-9,11,13-15,19H,1,10,12,16H2,2-6H3/b22-14-,32-29-/t19-,26-/m0/s1. The van der Waals surface area contributed by atoms with Crippen LogP contribution in [-0.4, -0.2) is 41.6 Å². The Bertz CT molecular complexity index is 1110. The van der Waals surface area contributed by atoms with Gasteiger partial charge < -0.3 is 4.90 Å². The molecule has 1 aromatic heterocycles. The van der Waals surface area contributed by atoms with Crippen LogP contribution < -0.4 is 0 Å². The number of aromatic nitrogens is 2. The second-order valence-electron chi connectivity index (χ2n) is 9.67. The van der Waals surface area contributed by atoms with Gasteiger partial charge in [-0.05, 0) is 59.4 Å². The predicted molar refractivity (Wildman–Crippen MR) is 128 cm³/mol. The first-order chi connectivity index (χ1) is 16.0. The van der Waals surface area contributed by atoms with E-state index in [1.165, 1.54) is 37.6 Å². The number of nitrogens with zero attached hydrogens (tertiary/aromatic N) is 5. The molecule has 0 unspecified atom stereocenters. The van der Waals surface area contributed by atoms with Crippen molar-refractivity contribution in [3.63, 3.8) is 0 Å². The molecule has 8 heteroatoms. The zero-order chi connectivity index (χ0) is 25.1. The normalized spacial score (nSPS) is 22.2. The van der Waals surface area contributed by atoms with Crippen molar-refractivity contribution in [3.05, 3.63) is 77.6 Å². The third-order valence-corrected chi connectivity index (χ3v) is 7.37. The fraction of sp³-hybridized carbons (Fsp3) is 0.423. The summed E-state index contributed by atoms with van der Waals surface area (Å²) in [7, 11) is 3.24. The van der Waals surface area contributed by atoms with Gasteiger partial charge in [0.15, 0.2) is 0 Å². The number of hydrogen-bond donors (Lipinski definition) is 0. The minimum absolute atomic E-state index is 0.0282. The summed E-state index contributed by atoms with van der Waals surface area (Å²) in [6.07, 6.45) is 6.28. The van der Waals surface area contributed by atoms with Crippen LogP contribution in [0.15, 0.2) is 65.1 Å². The molecule has 0 saturated heterocycles. The van der Waals surface area contributed by atoms with Gasteiger partial charge in [0, 0.05) is 20.6 Å². The van der Waals surface area contributed by atoms with E-state index in [1.54, 1.807) is 24.1 Å². The van der Waals surface area contributed by atoms with Crippen LogP contribution in [0.1, 0.15) is 49.5 Å². The van der Waals surface area contributed by atoms with Crippen molar-refractivity contribution in [2.45, 2.75) is 33.6 Å². The maximum Gasteiger partial charge on any atom is 0.255 e. The summed E-state index contributed by atoms with van der Waals surface area (Å²) in [5, 5.41) is 15.3. The zero-order valence-corrected chi connectivity index (χ0v) is 20.3. The van der Waals surface area contributed by atoms with Crippen molar-refractivity contribution in [2.75, 3.05) is 20.6 Å². The van der Waals surface area contributed by atoms with Crippen LogP contribution >= 0.6 is 0 Å². The summed E-state index contributed by atoms with van der Waals surface area (Å²) < 4.78 is 28.9. The van der Waals surface area contributed by atoms with E-state index in [2.05, 4.69) is 47.8 Å². The van der Waals surface area contributed by atoms with Gasteiger partial charge in [-0.2, -0.15) is 20.4 Å². The van der Waals surface area contributed by atoms with Crippen LogP contribution in [0.2, 0.25) is 0 Å². The maximum atomic E-state index is 14.4. The molecule has 1 saturated carbocycles. The van der Waals surface area contributed by atoms with E-state index < -0.39 is 11.6 Å². The first-order valence-corrected chi connectivity index (χ1v) is 11.2. The molecule has 34 heavy (non-hydrogen) atoms. The Balaban J connectivity index is 1.86. The minimum Gasteiger partial charge on any atom is -0.341 e. The highest BCUT2D eigenvalue weighted by molar-refractivity contribution is 5.93. The first-order valence-electron chi connectivity index (χ1n) is 11.2. The molecule has 0 radical (unpaired) electrons. The molecule has 1 aliphatic rings. The smallest absolute Gasteiger partial charge is 0.255 e. The molecule has 1 aliphatic carbocycles. The lowest BCUT2D eigenvalue weighted by Gasteiger charge is -2.44. The lowest BCUT2D eigenvalue weighted by Crippen LogP contribution is -2.44. The van der Waals surface area contributed by atoms with Gasteiger partial charge in [-0.1, -0.05) is 33.4 Å². The van der Waals surface area contributed by atoms with E-state index in [0.29, 0.717) is 12.1 Å². The molecule has 1 amide bonds. The number of halogens is 2. The molecule has 1 fully saturated rings. The average molecular weight is 468 g/mol. The number of benzene rings is 1. The van der Waals surface area contributed by atoms with E-state index in [0.717, 1.165) is 18.4 Å². The monoisotopic (exact) mass is 467 g/mol. The van der Waals surface area contributed by atoms with E-state index in [1.807, 2.05) is 0 Å². The molecule has 0 aliphatic heterocycles. The fourth-order valence-corrected chi connectivity index (χ4v) is 5.01. The molecule has 0 spiro atoms. The molecule has 180 valence electrons. The van der Waals surface area contributed by atoms with Crippen molar-refractivity contribution in [3.8, 4) is 0 Å². The Labute approximate surface area is 199 Å². The average Bonchev–Trinajstić information content (AvgIpc) is 3.02. The summed E-state index contributed by atoms with van der Waals surface area (Å²) in [6, 6.07) is 5.36. The minimum atomic E-state index is -0.701. The van der Waals surface area contributed by atoms with E-state index in [9.17, 15) is 13.6 Å². The van der Waals surface area contributed by atoms with Gasteiger partial charge >= 0.3 is 0 Å². The molecule has 0 N–H and O–H groups in total. The maximum absolute atomic E-state index is 14.4. The molecule has 1 aromatic carbocycles. The quantitative estimate of drug-likeness (QED) is 0.373. The lowest BCUT2D eigenvalue weighted by atomic mass is 9.64. The van der Waals surface area contributed by atoms with Crippen LogP contribution in [-0.2, 0) is 0 Å². The summed E-state index contributed by atoms with van der Waals surface area (Å²) in [6.45, 7) is 11.3. The van der Waals surface area contributed by atoms with Crippen molar-refractivity contribution < 1.29 is 13.6 Å². The third-order valence-electron chi connectivity index (χ3n) is 7.37. The zero-order valence-electron chi connectivity index (χ0n) is 20.3. The van der Waals surface area contributed by atoms with Crippen molar-refractivity contribution in [2.24, 2.45) is 27.0 Å². The molecular weight excluding hydrogens is 436 g/mol. The van der Waals surface area contributed by atoms with Gasteiger partial charge in [-0.15, -0.1) is 0 Å². The van der Waals surface area contributed by atoms with Crippen LogP contribution in [0.5, 0.6) is 0 Å². The van der Waals surface area contributed by atoms with Gasteiger partial charge in [0.2, 0.25) is 0 Å². The summed E-state index contributed by atoms with van der Waals surface area (Å²) in [5.74, 6) is -1.49. The van der Waals surface area contributed by atoms with Crippen molar-refractivity contribution in [1.29, 1.82) is 0 Å². The Morgan fingerprint density at radius 2 is 1.91 bits per heavy atom. The Morgan fingerprint density at radius 3 is 2.50 bits per heavy atom. The Kier molecular flexibility index (Phi) is 7.38. The first kappa shape index (κ1) is 25.3. The lowest BCUT2D eigenvalue weighted by molar-refractivity contribution is 0.0476. The van der Waals surface area contributed by atoms with E-state index >= 15 is 0 Å². The summed E-state index contributed by atoms with van der Waals surface area (Å²) in [5.41, 5.74) is 0.630. The number of azo groups is 1. The highest BCUT2D eigenvalue weighted by Crippen LogP contribution is 2.58. The number of amides is 1. The van der Waals surface area contributed by atoms with Gasteiger partial charge in [-0.25, -0.2) is 8.78 Å². The van der Waals surface area contributed by atoms with Gasteiger partial charge in [0.05, 0.1) is 29.2 Å². The highest BCUT2D eigenvalue weighted by atomic mass is 19.1. The number of allylic oxidation sites excluding steroid dienone is 2. The topological polar surface area (TPSA) is 70.8 Å². The molecule has 0 bridgehead atoms. The number of carbonyl (C=O) groups excluding carboxylic acids is 1. The molecule has 3 rings (SSSR count). The van der Waals surface area contributed by atoms with Crippen LogP contribution in [0.25, 0.3) is 5.70 Å². The second-order valence-corrected chi connectivity index (χ2v) is 9.67. The largest absolute Gasteiger partial charge is 0.341 e. The molecule has 6 nitrogen and oxygen atoms in total. The van der Waals surface area contributed by atoms with Crippen molar-refractivity contribution in [1.82, 2.24) is 15.1 Å². The Morgan fingerprint density at radius 1 is 1.24 bits per heavy atom. The van der Waals surface area contributed by atoms with E-state index in [-0.39, 0.29) is 33.9 Å². The van der Waals surface area contributed by atoms with Crippen LogP contribution in [0, 0.1) is 28.4 Å². The predicted octanol–water partition coefficient (Wildman–Crippen LogP) is 5.95. The number of carbonyl (C=O) groups is 1. The third kappa shape index (κ3) is 4.81. The molecule has 2 aromatic rings. The highest BCUT2D eigenvalue weighted by Gasteiger charge is 2.52. The van der Waals surface area contributed by atoms with Gasteiger partial charge in [0.25, 0.3) is 5.91 Å². The van der Waals surface area contributed by atoms with Crippen LogP contribution in [0.4, 0.5) is 8.78 Å². The number of rotatable bonds is 7.